The van der Waals surface area contributed by atoms with E-state index in [0.717, 1.165) is 11.1 Å². The average Bonchev–Trinajstić information content (AvgIpc) is 3.50. The molecule has 0 spiro atoms. The molecule has 9 nitrogen and oxygen atoms in total. The summed E-state index contributed by atoms with van der Waals surface area (Å²) in [6, 6.07) is 14.0. The molecule has 1 aliphatic heterocycles. The Bertz CT molecular complexity index is 1670. The van der Waals surface area contributed by atoms with Gasteiger partial charge in [0.2, 0.25) is 0 Å². The van der Waals surface area contributed by atoms with E-state index in [2.05, 4.69) is 20.9 Å². The first-order valence-corrected chi connectivity index (χ1v) is 13.9. The van der Waals surface area contributed by atoms with Crippen molar-refractivity contribution in [3.63, 3.8) is 0 Å². The summed E-state index contributed by atoms with van der Waals surface area (Å²) in [6.07, 6.45) is 0.799. The van der Waals surface area contributed by atoms with Crippen LogP contribution in [0, 0.1) is 0 Å². The lowest BCUT2D eigenvalue weighted by Crippen LogP contribution is -2.29. The molecule has 2 heterocycles. The third-order valence-electron chi connectivity index (χ3n) is 6.40. The smallest absolute Gasteiger partial charge is 0.301 e. The van der Waals surface area contributed by atoms with E-state index in [1.54, 1.807) is 55.6 Å². The van der Waals surface area contributed by atoms with Gasteiger partial charge in [-0.2, -0.15) is 0 Å². The maximum atomic E-state index is 13.6. The number of aliphatic hydroxyl groups is 1. The predicted octanol–water partition coefficient (Wildman–Crippen LogP) is 6.20. The Morgan fingerprint density at radius 3 is 2.60 bits per heavy atom. The van der Waals surface area contributed by atoms with E-state index >= 15 is 0 Å². The van der Waals surface area contributed by atoms with Crippen molar-refractivity contribution in [2.45, 2.75) is 19.4 Å². The molecule has 11 heteroatoms. The molecule has 5 rings (SSSR count). The normalized spacial score (nSPS) is 16.5. The number of rotatable bonds is 8. The molecule has 1 atom stereocenters. The van der Waals surface area contributed by atoms with Crippen molar-refractivity contribution >= 4 is 60.1 Å². The largest absolute Gasteiger partial charge is 0.507 e. The number of aliphatic hydroxyl groups excluding tert-OH is 1. The highest BCUT2D eigenvalue weighted by Crippen LogP contribution is 2.47. The molecule has 1 aromatic heterocycles. The molecule has 206 valence electrons. The Labute approximate surface area is 242 Å². The second kappa shape index (κ2) is 11.2. The lowest BCUT2D eigenvalue weighted by atomic mass is 9.95. The Kier molecular flexibility index (Phi) is 7.68. The zero-order valence-corrected chi connectivity index (χ0v) is 24.2. The van der Waals surface area contributed by atoms with Crippen LogP contribution in [0.4, 0.5) is 5.13 Å². The number of fused-ring (bicyclic) bond motifs is 1. The van der Waals surface area contributed by atoms with Crippen molar-refractivity contribution < 1.29 is 34.0 Å². The Balaban J connectivity index is 1.73. The van der Waals surface area contributed by atoms with Crippen LogP contribution in [0.1, 0.15) is 30.5 Å². The molecule has 1 aliphatic rings. The van der Waals surface area contributed by atoms with E-state index in [0.29, 0.717) is 34.7 Å². The second-order valence-electron chi connectivity index (χ2n) is 8.93. The number of aromatic nitrogens is 1. The number of ether oxygens (including phenoxy) is 3. The number of amides is 1. The topological polar surface area (TPSA) is 118 Å². The van der Waals surface area contributed by atoms with Gasteiger partial charge in [-0.05, 0) is 70.4 Å². The summed E-state index contributed by atoms with van der Waals surface area (Å²) in [5.74, 6) is -0.959. The minimum absolute atomic E-state index is 0.124. The molecular weight excluding hydrogens is 600 g/mol. The molecule has 0 aliphatic carbocycles. The molecule has 40 heavy (non-hydrogen) atoms. The van der Waals surface area contributed by atoms with Gasteiger partial charge >= 0.3 is 5.91 Å². The van der Waals surface area contributed by atoms with Crippen LogP contribution in [0.5, 0.6) is 23.0 Å². The number of benzene rings is 3. The summed E-state index contributed by atoms with van der Waals surface area (Å²) >= 11 is 4.54. The lowest BCUT2D eigenvalue weighted by Gasteiger charge is -2.24. The van der Waals surface area contributed by atoms with Gasteiger partial charge in [0.05, 0.1) is 47.1 Å². The van der Waals surface area contributed by atoms with E-state index in [1.807, 2.05) is 6.92 Å². The number of hydrogen-bond donors (Lipinski definition) is 2. The molecule has 1 fully saturated rings. The van der Waals surface area contributed by atoms with Crippen molar-refractivity contribution in [2.75, 3.05) is 25.7 Å². The third-order valence-corrected chi connectivity index (χ3v) is 8.02. The summed E-state index contributed by atoms with van der Waals surface area (Å²) < 4.78 is 17.4. The fraction of sp³-hybridized carbons (Fsp3) is 0.207. The minimum Gasteiger partial charge on any atom is -0.507 e. The zero-order chi connectivity index (χ0) is 28.6. The van der Waals surface area contributed by atoms with E-state index in [4.69, 9.17) is 14.2 Å². The van der Waals surface area contributed by atoms with Gasteiger partial charge in [0.25, 0.3) is 5.78 Å². The summed E-state index contributed by atoms with van der Waals surface area (Å²) in [5.41, 5.74) is 1.22. The van der Waals surface area contributed by atoms with Crippen LogP contribution < -0.4 is 19.1 Å². The first-order valence-electron chi connectivity index (χ1n) is 12.3. The molecule has 1 saturated heterocycles. The number of ketones is 1. The van der Waals surface area contributed by atoms with E-state index in [1.165, 1.54) is 29.4 Å². The van der Waals surface area contributed by atoms with Crippen LogP contribution in [-0.2, 0) is 9.59 Å². The predicted molar refractivity (Wildman–Crippen MR) is 156 cm³/mol. The van der Waals surface area contributed by atoms with Crippen LogP contribution in [0.3, 0.4) is 0 Å². The first kappa shape index (κ1) is 27.5. The van der Waals surface area contributed by atoms with Crippen molar-refractivity contribution in [3.05, 3.63) is 75.8 Å². The van der Waals surface area contributed by atoms with Gasteiger partial charge in [-0.15, -0.1) is 0 Å². The highest BCUT2D eigenvalue weighted by atomic mass is 79.9. The fourth-order valence-electron chi connectivity index (χ4n) is 4.48. The highest BCUT2D eigenvalue weighted by Gasteiger charge is 2.48. The number of carbonyl (C=O) groups excluding carboxylic acids is 2. The van der Waals surface area contributed by atoms with E-state index < -0.39 is 17.7 Å². The van der Waals surface area contributed by atoms with Gasteiger partial charge in [-0.3, -0.25) is 14.5 Å². The van der Waals surface area contributed by atoms with Crippen molar-refractivity contribution in [1.29, 1.82) is 0 Å². The molecule has 0 radical (unpaired) electrons. The molecule has 0 bridgehead atoms. The van der Waals surface area contributed by atoms with Gasteiger partial charge in [0, 0.05) is 5.56 Å². The highest BCUT2D eigenvalue weighted by molar-refractivity contribution is 9.10. The molecule has 3 aromatic carbocycles. The number of phenolic OH excluding ortho intramolecular Hbond substituents is 1. The number of Topliss-reactive ketones (excluding diaryl/α,β-unsaturated/α-hetero) is 1. The monoisotopic (exact) mass is 624 g/mol. The summed E-state index contributed by atoms with van der Waals surface area (Å²) in [4.78, 5) is 33.1. The van der Waals surface area contributed by atoms with Crippen LogP contribution in [-0.4, -0.2) is 47.7 Å². The minimum atomic E-state index is -1.08. The zero-order valence-electron chi connectivity index (χ0n) is 21.8. The summed E-state index contributed by atoms with van der Waals surface area (Å²) in [6.45, 7) is 2.46. The number of thiazole rings is 1. The Hall–Kier alpha value is -4.09. The van der Waals surface area contributed by atoms with Gasteiger partial charge in [-0.25, -0.2) is 4.98 Å². The maximum absolute atomic E-state index is 13.6. The van der Waals surface area contributed by atoms with Crippen molar-refractivity contribution in [1.82, 2.24) is 4.98 Å². The number of methoxy groups -OCH3 is 2. The number of aromatic hydroxyl groups is 1. The molecule has 1 unspecified atom stereocenters. The molecular formula is C29H25BrN2O7S. The quantitative estimate of drug-likeness (QED) is 0.135. The van der Waals surface area contributed by atoms with Crippen molar-refractivity contribution in [2.24, 2.45) is 0 Å². The van der Waals surface area contributed by atoms with Gasteiger partial charge in [0.1, 0.15) is 17.3 Å². The van der Waals surface area contributed by atoms with Crippen LogP contribution in [0.2, 0.25) is 0 Å². The number of halogens is 1. The molecule has 4 aromatic rings. The SMILES string of the molecule is CCCOc1cccc(/C(O)=C2\C(=O)C(=O)N(c3nc4ccc(OC)cc4s3)C2c2cc(Br)c(O)c(OC)c2)c1. The van der Waals surface area contributed by atoms with Gasteiger partial charge < -0.3 is 24.4 Å². The van der Waals surface area contributed by atoms with Gasteiger partial charge in [-0.1, -0.05) is 30.4 Å². The fourth-order valence-corrected chi connectivity index (χ4v) is 5.96. The third kappa shape index (κ3) is 4.86. The molecule has 1 amide bonds. The van der Waals surface area contributed by atoms with E-state index in [-0.39, 0.29) is 32.4 Å². The first-order chi connectivity index (χ1) is 19.3. The number of carbonyl (C=O) groups is 2. The number of phenols is 1. The molecule has 2 N–H and O–H groups in total. The maximum Gasteiger partial charge on any atom is 0.301 e. The molecule has 0 saturated carbocycles. The Morgan fingerprint density at radius 1 is 1.07 bits per heavy atom. The summed E-state index contributed by atoms with van der Waals surface area (Å²) in [7, 11) is 2.95. The number of nitrogens with zero attached hydrogens (tertiary/aromatic N) is 2. The van der Waals surface area contributed by atoms with Crippen LogP contribution in [0.15, 0.2) is 64.6 Å². The summed E-state index contributed by atoms with van der Waals surface area (Å²) in [5, 5.41) is 22.2. The van der Waals surface area contributed by atoms with Crippen LogP contribution in [0.25, 0.3) is 16.0 Å². The van der Waals surface area contributed by atoms with E-state index in [9.17, 15) is 19.8 Å². The number of hydrogen-bond acceptors (Lipinski definition) is 9. The standard InChI is InChI=1S/C29H25BrN2O7S/c1-4-10-39-18-7-5-6-15(11-18)25(33)23-24(16-12-19(30)26(34)21(13-16)38-3)32(28(36)27(23)35)29-31-20-9-8-17(37-2)14-22(20)40-29/h5-9,11-14,24,33-34H,4,10H2,1-3H3/b25-23+. The lowest BCUT2D eigenvalue weighted by molar-refractivity contribution is -0.132. The second-order valence-corrected chi connectivity index (χ2v) is 10.8. The Morgan fingerprint density at radius 2 is 1.88 bits per heavy atom. The average molecular weight is 625 g/mol. The van der Waals surface area contributed by atoms with Crippen molar-refractivity contribution in [3.8, 4) is 23.0 Å². The number of anilines is 1. The van der Waals surface area contributed by atoms with Gasteiger partial charge in [0.15, 0.2) is 16.6 Å². The van der Waals surface area contributed by atoms with Crippen LogP contribution >= 0.6 is 27.3 Å².